The van der Waals surface area contributed by atoms with Crippen molar-refractivity contribution >= 4 is 33.2 Å². The maximum absolute atomic E-state index is 13.3. The van der Waals surface area contributed by atoms with Crippen LogP contribution in [0.4, 0.5) is 5.69 Å². The van der Waals surface area contributed by atoms with Crippen LogP contribution in [0.5, 0.6) is 0 Å². The number of carbonyl (C=O) groups excluding carboxylic acids is 1. The van der Waals surface area contributed by atoms with E-state index in [2.05, 4.69) is 5.32 Å². The van der Waals surface area contributed by atoms with E-state index in [1.807, 2.05) is 18.2 Å². The Morgan fingerprint density at radius 1 is 1.10 bits per heavy atom. The molecule has 0 spiro atoms. The number of halogens is 1. The number of carbonyl (C=O) groups is 1. The van der Waals surface area contributed by atoms with Gasteiger partial charge in [0.25, 0.3) is 10.0 Å². The molecule has 8 heteroatoms. The monoisotopic (exact) mass is 436 g/mol. The molecule has 29 heavy (non-hydrogen) atoms. The first-order valence-corrected chi connectivity index (χ1v) is 11.3. The molecule has 1 aliphatic rings. The number of amides is 1. The van der Waals surface area contributed by atoms with E-state index in [9.17, 15) is 13.2 Å². The summed E-state index contributed by atoms with van der Waals surface area (Å²) < 4.78 is 25.4. The molecule has 1 fully saturated rings. The molecule has 156 valence electrons. The summed E-state index contributed by atoms with van der Waals surface area (Å²) >= 11 is 6.19. The number of benzene rings is 2. The lowest BCUT2D eigenvalue weighted by molar-refractivity contribution is -0.122. The topological polar surface area (TPSA) is 75.7 Å². The van der Waals surface area contributed by atoms with Gasteiger partial charge in [-0.3, -0.25) is 9.63 Å². The minimum Gasteiger partial charge on any atom is -0.325 e. The van der Waals surface area contributed by atoms with Crippen molar-refractivity contribution in [2.24, 2.45) is 0 Å². The molecule has 0 saturated heterocycles. The van der Waals surface area contributed by atoms with E-state index < -0.39 is 15.4 Å². The molecule has 0 heterocycles. The van der Waals surface area contributed by atoms with Crippen molar-refractivity contribution in [3.63, 3.8) is 0 Å². The third-order valence-corrected chi connectivity index (χ3v) is 7.45. The van der Waals surface area contributed by atoms with Gasteiger partial charge in [-0.2, -0.15) is 0 Å². The van der Waals surface area contributed by atoms with Gasteiger partial charge in [-0.1, -0.05) is 47.5 Å². The number of sulfonamides is 1. The van der Waals surface area contributed by atoms with Gasteiger partial charge >= 0.3 is 0 Å². The van der Waals surface area contributed by atoms with Gasteiger partial charge in [0.15, 0.2) is 0 Å². The summed E-state index contributed by atoms with van der Waals surface area (Å²) in [6, 6.07) is 13.6. The number of hydrogen-bond acceptors (Lipinski definition) is 4. The Hall–Kier alpha value is -1.93. The Bertz CT molecular complexity index is 970. The first-order chi connectivity index (χ1) is 13.8. The average Bonchev–Trinajstić information content (AvgIpc) is 2.74. The minimum absolute atomic E-state index is 0.0852. The molecule has 3 rings (SSSR count). The number of hydrogen-bond donors (Lipinski definition) is 1. The summed E-state index contributed by atoms with van der Waals surface area (Å²) in [5.74, 6) is -0.0934. The fourth-order valence-electron chi connectivity index (χ4n) is 3.80. The first kappa shape index (κ1) is 21.8. The van der Waals surface area contributed by atoms with Crippen molar-refractivity contribution in [3.8, 4) is 0 Å². The van der Waals surface area contributed by atoms with Gasteiger partial charge in [0.1, 0.15) is 0 Å². The van der Waals surface area contributed by atoms with Crippen molar-refractivity contribution < 1.29 is 18.0 Å². The third-order valence-electron chi connectivity index (χ3n) is 5.52. The van der Waals surface area contributed by atoms with Crippen molar-refractivity contribution in [1.82, 2.24) is 4.47 Å². The molecule has 1 N–H and O–H groups in total. The summed E-state index contributed by atoms with van der Waals surface area (Å²) in [5, 5.41) is 3.58. The molecule has 1 aliphatic carbocycles. The van der Waals surface area contributed by atoms with E-state index in [-0.39, 0.29) is 10.8 Å². The highest BCUT2D eigenvalue weighted by molar-refractivity contribution is 7.89. The molecule has 0 atom stereocenters. The molecule has 0 radical (unpaired) electrons. The van der Waals surface area contributed by atoms with Crippen LogP contribution in [-0.2, 0) is 25.1 Å². The van der Waals surface area contributed by atoms with Crippen LogP contribution in [0.25, 0.3) is 0 Å². The SMILES string of the molecule is CON(C)S(=O)(=O)c1ccc(NC(=O)C2(c3cccc(Cl)c3)CCCCC2)cc1. The molecular weight excluding hydrogens is 412 g/mol. The number of rotatable bonds is 6. The highest BCUT2D eigenvalue weighted by Gasteiger charge is 2.41. The Kier molecular flexibility index (Phi) is 6.63. The summed E-state index contributed by atoms with van der Waals surface area (Å²) in [6.45, 7) is 0. The summed E-state index contributed by atoms with van der Waals surface area (Å²) in [5.41, 5.74) is 0.827. The Balaban J connectivity index is 1.85. The second-order valence-corrected chi connectivity index (χ2v) is 9.60. The van der Waals surface area contributed by atoms with Crippen LogP contribution in [0.3, 0.4) is 0 Å². The molecule has 1 saturated carbocycles. The predicted molar refractivity (Wildman–Crippen MR) is 113 cm³/mol. The lowest BCUT2D eigenvalue weighted by Gasteiger charge is -2.36. The summed E-state index contributed by atoms with van der Waals surface area (Å²) in [7, 11) is -1.13. The molecule has 0 aromatic heterocycles. The van der Waals surface area contributed by atoms with Gasteiger partial charge in [0, 0.05) is 17.8 Å². The van der Waals surface area contributed by atoms with Crippen LogP contribution in [0.15, 0.2) is 53.4 Å². The van der Waals surface area contributed by atoms with Crippen LogP contribution in [-0.4, -0.2) is 33.0 Å². The summed E-state index contributed by atoms with van der Waals surface area (Å²) in [6.07, 6.45) is 4.56. The number of nitrogens with zero attached hydrogens (tertiary/aromatic N) is 1. The number of anilines is 1. The van der Waals surface area contributed by atoms with E-state index in [0.29, 0.717) is 10.7 Å². The molecule has 0 aliphatic heterocycles. The number of nitrogens with one attached hydrogen (secondary N) is 1. The molecule has 0 unspecified atom stereocenters. The molecule has 0 bridgehead atoms. The van der Waals surface area contributed by atoms with Gasteiger partial charge in [-0.25, -0.2) is 8.42 Å². The van der Waals surface area contributed by atoms with Crippen molar-refractivity contribution in [3.05, 3.63) is 59.1 Å². The van der Waals surface area contributed by atoms with Crippen molar-refractivity contribution in [2.75, 3.05) is 19.5 Å². The zero-order valence-electron chi connectivity index (χ0n) is 16.5. The molecule has 6 nitrogen and oxygen atoms in total. The average molecular weight is 437 g/mol. The quantitative estimate of drug-likeness (QED) is 0.682. The second kappa shape index (κ2) is 8.83. The largest absolute Gasteiger partial charge is 0.325 e. The maximum Gasteiger partial charge on any atom is 0.264 e. The highest BCUT2D eigenvalue weighted by atomic mass is 35.5. The van der Waals surface area contributed by atoms with Crippen molar-refractivity contribution in [2.45, 2.75) is 42.4 Å². The van der Waals surface area contributed by atoms with E-state index in [4.69, 9.17) is 16.4 Å². The Labute approximate surface area is 176 Å². The Morgan fingerprint density at radius 2 is 1.76 bits per heavy atom. The van der Waals surface area contributed by atoms with E-state index >= 15 is 0 Å². The van der Waals surface area contributed by atoms with Crippen LogP contribution >= 0.6 is 11.6 Å². The molecule has 1 amide bonds. The lowest BCUT2D eigenvalue weighted by Crippen LogP contribution is -2.42. The lowest BCUT2D eigenvalue weighted by atomic mass is 9.68. The second-order valence-electron chi connectivity index (χ2n) is 7.23. The van der Waals surface area contributed by atoms with E-state index in [1.54, 1.807) is 18.2 Å². The van der Waals surface area contributed by atoms with E-state index in [0.717, 1.165) is 42.1 Å². The molecule has 2 aromatic rings. The van der Waals surface area contributed by atoms with Crippen LogP contribution in [0.1, 0.15) is 37.7 Å². The minimum atomic E-state index is -3.73. The Morgan fingerprint density at radius 3 is 2.34 bits per heavy atom. The van der Waals surface area contributed by atoms with Crippen LogP contribution in [0, 0.1) is 0 Å². The fraction of sp³-hybridized carbons (Fsp3) is 0.381. The number of hydroxylamine groups is 1. The molecular formula is C21H25ClN2O4S. The zero-order valence-corrected chi connectivity index (χ0v) is 18.1. The standard InChI is InChI=1S/C21H25ClN2O4S/c1-24(28-2)29(26,27)19-11-9-18(10-12-19)23-20(25)21(13-4-3-5-14-21)16-7-6-8-17(22)15-16/h6-12,15H,3-5,13-14H2,1-2H3,(H,23,25). The van der Waals surface area contributed by atoms with Crippen LogP contribution < -0.4 is 5.32 Å². The van der Waals surface area contributed by atoms with Crippen LogP contribution in [0.2, 0.25) is 5.02 Å². The van der Waals surface area contributed by atoms with Gasteiger partial charge in [-0.05, 0) is 54.8 Å². The van der Waals surface area contributed by atoms with Gasteiger partial charge in [0.05, 0.1) is 17.4 Å². The molecule has 2 aromatic carbocycles. The van der Waals surface area contributed by atoms with E-state index in [1.165, 1.54) is 26.3 Å². The zero-order chi connectivity index (χ0) is 21.1. The summed E-state index contributed by atoms with van der Waals surface area (Å²) in [4.78, 5) is 18.2. The smallest absolute Gasteiger partial charge is 0.264 e. The normalized spacial score (nSPS) is 16.6. The van der Waals surface area contributed by atoms with Gasteiger partial charge < -0.3 is 5.32 Å². The first-order valence-electron chi connectivity index (χ1n) is 9.50. The predicted octanol–water partition coefficient (Wildman–Crippen LogP) is 4.36. The van der Waals surface area contributed by atoms with Gasteiger partial charge in [0.2, 0.25) is 5.91 Å². The maximum atomic E-state index is 13.3. The fourth-order valence-corrected chi connectivity index (χ4v) is 4.96. The third kappa shape index (κ3) is 4.48. The van der Waals surface area contributed by atoms with Gasteiger partial charge in [-0.15, -0.1) is 0 Å². The highest BCUT2D eigenvalue weighted by Crippen LogP contribution is 2.41. The van der Waals surface area contributed by atoms with Crippen molar-refractivity contribution in [1.29, 1.82) is 0 Å².